The number of fused-ring (bicyclic) bond motifs is 1. The number of amides is 1. The van der Waals surface area contributed by atoms with Crippen LogP contribution in [0.2, 0.25) is 0 Å². The van der Waals surface area contributed by atoms with Gasteiger partial charge in [-0.05, 0) is 38.4 Å². The van der Waals surface area contributed by atoms with Crippen molar-refractivity contribution in [2.24, 2.45) is 0 Å². The number of likely N-dealkylation sites (N-methyl/N-ethyl adjacent to an activating group) is 1. The molecule has 2 aliphatic rings. The van der Waals surface area contributed by atoms with E-state index in [1.807, 2.05) is 29.0 Å². The zero-order valence-corrected chi connectivity index (χ0v) is 16.3. The summed E-state index contributed by atoms with van der Waals surface area (Å²) in [6.07, 6.45) is 4.29. The van der Waals surface area contributed by atoms with Crippen LogP contribution in [0.25, 0.3) is 11.0 Å². The molecule has 4 heterocycles. The lowest BCUT2D eigenvalue weighted by Gasteiger charge is -2.34. The third-order valence-corrected chi connectivity index (χ3v) is 7.51. The van der Waals surface area contributed by atoms with Gasteiger partial charge in [-0.25, -0.2) is 13.4 Å². The smallest absolute Gasteiger partial charge is 0.236 e. The summed E-state index contributed by atoms with van der Waals surface area (Å²) in [5.41, 5.74) is 1.75. The number of aromatic amines is 1. The van der Waals surface area contributed by atoms with Crippen LogP contribution in [-0.4, -0.2) is 83.5 Å². The number of piperidine rings is 1. The number of carbonyl (C=O) groups is 1. The van der Waals surface area contributed by atoms with Crippen molar-refractivity contribution in [2.45, 2.75) is 31.2 Å². The van der Waals surface area contributed by atoms with Crippen LogP contribution in [0.1, 0.15) is 30.9 Å². The minimum absolute atomic E-state index is 0.0536. The maximum Gasteiger partial charge on any atom is 0.236 e. The monoisotopic (exact) mass is 391 g/mol. The molecule has 2 aromatic rings. The molecule has 2 fully saturated rings. The molecule has 0 bridgehead atoms. The van der Waals surface area contributed by atoms with E-state index in [-0.39, 0.29) is 35.9 Å². The van der Waals surface area contributed by atoms with E-state index in [2.05, 4.69) is 15.2 Å². The van der Waals surface area contributed by atoms with Gasteiger partial charge in [0.25, 0.3) is 0 Å². The van der Waals surface area contributed by atoms with E-state index >= 15 is 0 Å². The average molecular weight is 391 g/mol. The molecular weight excluding hydrogens is 366 g/mol. The number of rotatable bonds is 4. The molecule has 1 amide bonds. The SMILES string of the molecule is CN(CC(=O)N1CCCC(c2[nH]nc3ncccc23)C1)C1CCS(=O)(=O)C1. The summed E-state index contributed by atoms with van der Waals surface area (Å²) in [5.74, 6) is 0.664. The van der Waals surface area contributed by atoms with Gasteiger partial charge >= 0.3 is 0 Å². The number of nitrogens with one attached hydrogen (secondary N) is 1. The molecule has 2 aliphatic heterocycles. The van der Waals surface area contributed by atoms with E-state index in [1.165, 1.54) is 0 Å². The molecule has 8 nitrogen and oxygen atoms in total. The van der Waals surface area contributed by atoms with Crippen molar-refractivity contribution >= 4 is 26.8 Å². The number of aromatic nitrogens is 3. The number of hydrogen-bond acceptors (Lipinski definition) is 6. The fourth-order valence-electron chi connectivity index (χ4n) is 4.19. The predicted molar refractivity (Wildman–Crippen MR) is 102 cm³/mol. The summed E-state index contributed by atoms with van der Waals surface area (Å²) in [4.78, 5) is 20.9. The lowest BCUT2D eigenvalue weighted by molar-refractivity contribution is -0.133. The van der Waals surface area contributed by atoms with Gasteiger partial charge in [0.2, 0.25) is 5.91 Å². The number of sulfone groups is 1. The minimum Gasteiger partial charge on any atom is -0.341 e. The van der Waals surface area contributed by atoms with Gasteiger partial charge < -0.3 is 4.90 Å². The number of nitrogens with zero attached hydrogens (tertiary/aromatic N) is 4. The molecule has 0 radical (unpaired) electrons. The van der Waals surface area contributed by atoms with Crippen LogP contribution in [0.3, 0.4) is 0 Å². The Labute approximate surface area is 158 Å². The number of hydrogen-bond donors (Lipinski definition) is 1. The first kappa shape index (κ1) is 18.4. The second kappa shape index (κ2) is 7.20. The van der Waals surface area contributed by atoms with Crippen molar-refractivity contribution < 1.29 is 13.2 Å². The zero-order chi connectivity index (χ0) is 19.0. The molecule has 4 rings (SSSR count). The molecule has 27 heavy (non-hydrogen) atoms. The molecule has 2 saturated heterocycles. The van der Waals surface area contributed by atoms with Crippen LogP contribution < -0.4 is 0 Å². The minimum atomic E-state index is -2.94. The third kappa shape index (κ3) is 3.84. The Kier molecular flexibility index (Phi) is 4.90. The Balaban J connectivity index is 1.41. The van der Waals surface area contributed by atoms with Crippen LogP contribution >= 0.6 is 0 Å². The largest absolute Gasteiger partial charge is 0.341 e. The first-order valence-electron chi connectivity index (χ1n) is 9.40. The molecule has 0 aromatic carbocycles. The first-order valence-corrected chi connectivity index (χ1v) is 11.2. The summed E-state index contributed by atoms with van der Waals surface area (Å²) in [7, 11) is -1.10. The maximum absolute atomic E-state index is 12.8. The van der Waals surface area contributed by atoms with Crippen LogP contribution in [-0.2, 0) is 14.6 Å². The highest BCUT2D eigenvalue weighted by Gasteiger charge is 2.33. The summed E-state index contributed by atoms with van der Waals surface area (Å²) < 4.78 is 23.4. The number of carbonyl (C=O) groups excluding carboxylic acids is 1. The lowest BCUT2D eigenvalue weighted by Crippen LogP contribution is -2.46. The second-order valence-corrected chi connectivity index (χ2v) is 9.89. The Bertz CT molecular complexity index is 941. The number of H-pyrrole nitrogens is 1. The summed E-state index contributed by atoms with van der Waals surface area (Å²) in [6.45, 7) is 1.66. The van der Waals surface area contributed by atoms with Crippen LogP contribution in [0, 0.1) is 0 Å². The molecule has 2 atom stereocenters. The Hall–Kier alpha value is -2.00. The van der Waals surface area contributed by atoms with E-state index in [0.29, 0.717) is 18.6 Å². The molecule has 146 valence electrons. The molecular formula is C18H25N5O3S. The molecule has 2 unspecified atom stereocenters. The van der Waals surface area contributed by atoms with Gasteiger partial charge in [-0.1, -0.05) is 0 Å². The van der Waals surface area contributed by atoms with Gasteiger partial charge in [0, 0.05) is 42.3 Å². The third-order valence-electron chi connectivity index (χ3n) is 5.76. The zero-order valence-electron chi connectivity index (χ0n) is 15.5. The van der Waals surface area contributed by atoms with E-state index in [4.69, 9.17) is 0 Å². The Morgan fingerprint density at radius 1 is 1.41 bits per heavy atom. The maximum atomic E-state index is 12.8. The van der Waals surface area contributed by atoms with Crippen molar-refractivity contribution in [3.63, 3.8) is 0 Å². The fraction of sp³-hybridized carbons (Fsp3) is 0.611. The lowest BCUT2D eigenvalue weighted by atomic mass is 9.93. The average Bonchev–Trinajstić information content (AvgIpc) is 3.25. The molecule has 2 aromatic heterocycles. The molecule has 0 saturated carbocycles. The molecule has 0 aliphatic carbocycles. The summed E-state index contributed by atoms with van der Waals surface area (Å²) in [6, 6.07) is 3.86. The first-order chi connectivity index (χ1) is 12.9. The van der Waals surface area contributed by atoms with Crippen LogP contribution in [0.15, 0.2) is 18.3 Å². The van der Waals surface area contributed by atoms with E-state index in [9.17, 15) is 13.2 Å². The number of likely N-dealkylation sites (tertiary alicyclic amines) is 1. The van der Waals surface area contributed by atoms with Crippen molar-refractivity contribution in [3.8, 4) is 0 Å². The highest BCUT2D eigenvalue weighted by Crippen LogP contribution is 2.30. The summed E-state index contributed by atoms with van der Waals surface area (Å²) in [5, 5.41) is 8.40. The molecule has 0 spiro atoms. The van der Waals surface area contributed by atoms with Crippen molar-refractivity contribution in [2.75, 3.05) is 38.2 Å². The molecule has 9 heteroatoms. The highest BCUT2D eigenvalue weighted by molar-refractivity contribution is 7.91. The topological polar surface area (TPSA) is 99.3 Å². The normalized spacial score (nSPS) is 25.3. The van der Waals surface area contributed by atoms with Crippen LogP contribution in [0.4, 0.5) is 0 Å². The van der Waals surface area contributed by atoms with Gasteiger partial charge in [-0.2, -0.15) is 5.10 Å². The Morgan fingerprint density at radius 3 is 3.04 bits per heavy atom. The van der Waals surface area contributed by atoms with Gasteiger partial charge in [0.15, 0.2) is 15.5 Å². The van der Waals surface area contributed by atoms with E-state index in [0.717, 1.165) is 30.5 Å². The van der Waals surface area contributed by atoms with Gasteiger partial charge in [0.05, 0.1) is 18.1 Å². The van der Waals surface area contributed by atoms with Gasteiger partial charge in [-0.15, -0.1) is 0 Å². The van der Waals surface area contributed by atoms with Gasteiger partial charge in [-0.3, -0.25) is 14.8 Å². The summed E-state index contributed by atoms with van der Waals surface area (Å²) >= 11 is 0. The fourth-order valence-corrected chi connectivity index (χ4v) is 5.99. The standard InChI is InChI=1S/C18H25N5O3S/c1-22(14-6-9-27(25,26)12-14)11-16(24)23-8-3-4-13(10-23)17-15-5-2-7-19-18(15)21-20-17/h2,5,7,13-14H,3-4,6,8-12H2,1H3,(H,19,20,21). The van der Waals surface area contributed by atoms with Crippen LogP contribution in [0.5, 0.6) is 0 Å². The van der Waals surface area contributed by atoms with Gasteiger partial charge in [0.1, 0.15) is 0 Å². The number of pyridine rings is 1. The van der Waals surface area contributed by atoms with Crippen molar-refractivity contribution in [1.82, 2.24) is 25.0 Å². The highest BCUT2D eigenvalue weighted by atomic mass is 32.2. The van der Waals surface area contributed by atoms with Crippen molar-refractivity contribution in [1.29, 1.82) is 0 Å². The second-order valence-electron chi connectivity index (χ2n) is 7.66. The predicted octanol–water partition coefficient (Wildman–Crippen LogP) is 0.783. The van der Waals surface area contributed by atoms with E-state index in [1.54, 1.807) is 6.20 Å². The van der Waals surface area contributed by atoms with E-state index < -0.39 is 9.84 Å². The quantitative estimate of drug-likeness (QED) is 0.827. The Morgan fingerprint density at radius 2 is 2.26 bits per heavy atom. The molecule has 1 N–H and O–H groups in total. The van der Waals surface area contributed by atoms with Crippen molar-refractivity contribution in [3.05, 3.63) is 24.0 Å².